The molecule has 0 radical (unpaired) electrons. The van der Waals surface area contributed by atoms with Gasteiger partial charge in [0.1, 0.15) is 0 Å². The summed E-state index contributed by atoms with van der Waals surface area (Å²) in [5.41, 5.74) is 0. The Hall–Kier alpha value is -0.640. The van der Waals surface area contributed by atoms with E-state index in [1.807, 2.05) is 0 Å². The SMILES string of the molecule is N#CCS(=O)(=O)N1CCC[C@@H]1CO. The summed E-state index contributed by atoms with van der Waals surface area (Å²) < 4.78 is 24.0. The molecular formula is C7H12N2O3S. The van der Waals surface area contributed by atoms with Gasteiger partial charge in [-0.15, -0.1) is 0 Å². The van der Waals surface area contributed by atoms with E-state index in [0.717, 1.165) is 6.42 Å². The maximum Gasteiger partial charge on any atom is 0.227 e. The van der Waals surface area contributed by atoms with Gasteiger partial charge in [0.2, 0.25) is 10.0 Å². The summed E-state index contributed by atoms with van der Waals surface area (Å²) in [5.74, 6) is -0.497. The number of nitrogens with zero attached hydrogens (tertiary/aromatic N) is 2. The van der Waals surface area contributed by atoms with E-state index in [4.69, 9.17) is 10.4 Å². The number of hydrogen-bond acceptors (Lipinski definition) is 4. The van der Waals surface area contributed by atoms with E-state index < -0.39 is 15.8 Å². The molecule has 1 rings (SSSR count). The van der Waals surface area contributed by atoms with E-state index in [0.29, 0.717) is 13.0 Å². The largest absolute Gasteiger partial charge is 0.395 e. The summed E-state index contributed by atoms with van der Waals surface area (Å²) >= 11 is 0. The Labute approximate surface area is 77.6 Å². The van der Waals surface area contributed by atoms with Crippen molar-refractivity contribution in [2.45, 2.75) is 18.9 Å². The molecule has 0 unspecified atom stereocenters. The molecule has 0 spiro atoms. The minimum atomic E-state index is -3.46. The zero-order valence-electron chi connectivity index (χ0n) is 7.18. The van der Waals surface area contributed by atoms with Gasteiger partial charge in [0.15, 0.2) is 5.75 Å². The maximum atomic E-state index is 11.4. The molecule has 6 heteroatoms. The summed E-state index contributed by atoms with van der Waals surface area (Å²) in [7, 11) is -3.46. The van der Waals surface area contributed by atoms with Crippen LogP contribution in [0.15, 0.2) is 0 Å². The third-order valence-corrected chi connectivity index (χ3v) is 3.83. The number of rotatable bonds is 3. The van der Waals surface area contributed by atoms with Gasteiger partial charge < -0.3 is 5.11 Å². The number of hydrogen-bond donors (Lipinski definition) is 1. The highest BCUT2D eigenvalue weighted by molar-refractivity contribution is 7.89. The molecule has 5 nitrogen and oxygen atoms in total. The molecule has 0 aromatic rings. The molecule has 1 heterocycles. The molecule has 0 bridgehead atoms. The first-order chi connectivity index (χ1) is 6.11. The fourth-order valence-corrected chi connectivity index (χ4v) is 2.88. The molecule has 0 aromatic carbocycles. The van der Waals surface area contributed by atoms with Crippen molar-refractivity contribution in [3.8, 4) is 6.07 Å². The van der Waals surface area contributed by atoms with Gasteiger partial charge in [0.05, 0.1) is 12.7 Å². The van der Waals surface area contributed by atoms with Gasteiger partial charge in [-0.1, -0.05) is 0 Å². The van der Waals surface area contributed by atoms with Gasteiger partial charge in [-0.3, -0.25) is 0 Å². The van der Waals surface area contributed by atoms with E-state index in [1.54, 1.807) is 6.07 Å². The smallest absolute Gasteiger partial charge is 0.227 e. The second-order valence-corrected chi connectivity index (χ2v) is 4.93. The molecule has 1 aliphatic rings. The molecule has 1 atom stereocenters. The first-order valence-corrected chi connectivity index (χ1v) is 5.70. The predicted octanol–water partition coefficient (Wildman–Crippen LogP) is -0.704. The Bertz CT molecular complexity index is 306. The lowest BCUT2D eigenvalue weighted by Crippen LogP contribution is -2.38. The third-order valence-electron chi connectivity index (χ3n) is 2.14. The standard InChI is InChI=1S/C7H12N2O3S/c8-3-5-13(11,12)9-4-1-2-7(9)6-10/h7,10H,1-2,4-6H2/t7-/m1/s1. The summed E-state index contributed by atoms with van der Waals surface area (Å²) in [4.78, 5) is 0. The van der Waals surface area contributed by atoms with Crippen molar-refractivity contribution in [2.24, 2.45) is 0 Å². The van der Waals surface area contributed by atoms with E-state index in [1.165, 1.54) is 4.31 Å². The predicted molar refractivity (Wildman–Crippen MR) is 46.2 cm³/mol. The van der Waals surface area contributed by atoms with E-state index >= 15 is 0 Å². The van der Waals surface area contributed by atoms with E-state index in [2.05, 4.69) is 0 Å². The van der Waals surface area contributed by atoms with Crippen LogP contribution < -0.4 is 0 Å². The first-order valence-electron chi connectivity index (χ1n) is 4.09. The van der Waals surface area contributed by atoms with Gasteiger partial charge in [0, 0.05) is 12.6 Å². The van der Waals surface area contributed by atoms with Crippen molar-refractivity contribution in [3.63, 3.8) is 0 Å². The lowest BCUT2D eigenvalue weighted by molar-refractivity contribution is 0.214. The number of aliphatic hydroxyl groups excluding tert-OH is 1. The van der Waals surface area contributed by atoms with Crippen LogP contribution in [-0.4, -0.2) is 42.8 Å². The van der Waals surface area contributed by atoms with Crippen molar-refractivity contribution >= 4 is 10.0 Å². The van der Waals surface area contributed by atoms with Crippen molar-refractivity contribution in [2.75, 3.05) is 18.9 Å². The zero-order valence-corrected chi connectivity index (χ0v) is 8.00. The van der Waals surface area contributed by atoms with Crippen LogP contribution in [0, 0.1) is 11.3 Å². The number of nitriles is 1. The molecule has 13 heavy (non-hydrogen) atoms. The minimum absolute atomic E-state index is 0.162. The molecule has 0 aromatic heterocycles. The third kappa shape index (κ3) is 2.18. The minimum Gasteiger partial charge on any atom is -0.395 e. The van der Waals surface area contributed by atoms with Crippen molar-refractivity contribution in [1.29, 1.82) is 5.26 Å². The molecule has 1 fully saturated rings. The van der Waals surface area contributed by atoms with Gasteiger partial charge >= 0.3 is 0 Å². The van der Waals surface area contributed by atoms with Crippen LogP contribution in [0.3, 0.4) is 0 Å². The van der Waals surface area contributed by atoms with Crippen molar-refractivity contribution in [1.82, 2.24) is 4.31 Å². The Morgan fingerprint density at radius 2 is 2.31 bits per heavy atom. The molecule has 0 aliphatic carbocycles. The highest BCUT2D eigenvalue weighted by Crippen LogP contribution is 2.20. The monoisotopic (exact) mass is 204 g/mol. The Morgan fingerprint density at radius 1 is 1.62 bits per heavy atom. The molecule has 1 aliphatic heterocycles. The van der Waals surface area contributed by atoms with Crippen LogP contribution in [0.1, 0.15) is 12.8 Å². The molecule has 0 saturated carbocycles. The highest BCUT2D eigenvalue weighted by atomic mass is 32.2. The zero-order chi connectivity index (χ0) is 9.90. The van der Waals surface area contributed by atoms with Crippen molar-refractivity contribution in [3.05, 3.63) is 0 Å². The molecule has 0 amide bonds. The molecule has 1 saturated heterocycles. The van der Waals surface area contributed by atoms with E-state index in [-0.39, 0.29) is 12.6 Å². The molecule has 74 valence electrons. The Kier molecular flexibility index (Phi) is 3.25. The Balaban J connectivity index is 2.77. The maximum absolute atomic E-state index is 11.4. The fourth-order valence-electron chi connectivity index (χ4n) is 1.52. The lowest BCUT2D eigenvalue weighted by Gasteiger charge is -2.20. The molecule has 1 N–H and O–H groups in total. The van der Waals surface area contributed by atoms with Gasteiger partial charge in [-0.05, 0) is 12.8 Å². The van der Waals surface area contributed by atoms with Crippen molar-refractivity contribution < 1.29 is 13.5 Å². The second kappa shape index (κ2) is 4.05. The van der Waals surface area contributed by atoms with Crippen LogP contribution in [0.2, 0.25) is 0 Å². The number of sulfonamides is 1. The van der Waals surface area contributed by atoms with Crippen LogP contribution in [0.4, 0.5) is 0 Å². The summed E-state index contributed by atoms with van der Waals surface area (Å²) in [5, 5.41) is 17.2. The number of aliphatic hydroxyl groups is 1. The highest BCUT2D eigenvalue weighted by Gasteiger charge is 2.33. The van der Waals surface area contributed by atoms with Gasteiger partial charge in [-0.25, -0.2) is 8.42 Å². The summed E-state index contributed by atoms with van der Waals surface area (Å²) in [6.07, 6.45) is 1.44. The fraction of sp³-hybridized carbons (Fsp3) is 0.857. The second-order valence-electron chi connectivity index (χ2n) is 3.00. The summed E-state index contributed by atoms with van der Waals surface area (Å²) in [6.45, 7) is 0.264. The van der Waals surface area contributed by atoms with Crippen LogP contribution in [0.5, 0.6) is 0 Å². The van der Waals surface area contributed by atoms with Gasteiger partial charge in [-0.2, -0.15) is 9.57 Å². The van der Waals surface area contributed by atoms with E-state index in [9.17, 15) is 8.42 Å². The topological polar surface area (TPSA) is 81.4 Å². The van der Waals surface area contributed by atoms with Crippen LogP contribution in [-0.2, 0) is 10.0 Å². The first kappa shape index (κ1) is 10.4. The average molecular weight is 204 g/mol. The van der Waals surface area contributed by atoms with Crippen LogP contribution in [0.25, 0.3) is 0 Å². The quantitative estimate of drug-likeness (QED) is 0.659. The van der Waals surface area contributed by atoms with Gasteiger partial charge in [0.25, 0.3) is 0 Å². The normalized spacial score (nSPS) is 24.5. The lowest BCUT2D eigenvalue weighted by atomic mass is 10.2. The summed E-state index contributed by atoms with van der Waals surface area (Å²) in [6, 6.07) is 1.30. The Morgan fingerprint density at radius 3 is 2.85 bits per heavy atom. The molecular weight excluding hydrogens is 192 g/mol. The average Bonchev–Trinajstić information content (AvgIpc) is 2.51. The van der Waals surface area contributed by atoms with Crippen LogP contribution >= 0.6 is 0 Å².